The van der Waals surface area contributed by atoms with Crippen LogP contribution in [-0.4, -0.2) is 76.4 Å². The summed E-state index contributed by atoms with van der Waals surface area (Å²) < 4.78 is 23.1. The molecular weight excluding hydrogens is 538 g/mol. The number of carbonyl (C=O) groups excluding carboxylic acids is 2. The zero-order valence-electron chi connectivity index (χ0n) is 25.6. The molecule has 1 aromatic rings. The molecule has 3 heterocycles. The molecule has 1 saturated heterocycles. The molecule has 3 aliphatic heterocycles. The van der Waals surface area contributed by atoms with Gasteiger partial charge in [0, 0.05) is 12.5 Å². The second-order valence-electron chi connectivity index (χ2n) is 13.2. The van der Waals surface area contributed by atoms with Gasteiger partial charge in [-0.3, -0.25) is 9.69 Å². The van der Waals surface area contributed by atoms with E-state index in [1.54, 1.807) is 13.8 Å². The molecule has 1 fully saturated rings. The minimum atomic E-state index is -2.07. The zero-order chi connectivity index (χ0) is 30.1. The van der Waals surface area contributed by atoms with E-state index in [0.29, 0.717) is 18.6 Å². The van der Waals surface area contributed by atoms with Crippen LogP contribution in [0.3, 0.4) is 0 Å². The van der Waals surface area contributed by atoms with E-state index in [1.165, 1.54) is 0 Å². The fourth-order valence-corrected chi connectivity index (χ4v) is 7.33. The van der Waals surface area contributed by atoms with Crippen LogP contribution in [0.2, 0.25) is 0 Å². The van der Waals surface area contributed by atoms with Gasteiger partial charge in [-0.1, -0.05) is 25.8 Å². The van der Waals surface area contributed by atoms with Crippen LogP contribution in [0.25, 0.3) is 0 Å². The average molecular weight is 586 g/mol. The Morgan fingerprint density at radius 3 is 2.60 bits per heavy atom. The van der Waals surface area contributed by atoms with Crippen LogP contribution in [0.4, 0.5) is 0 Å². The maximum Gasteiger partial charge on any atom is 0.339 e. The lowest BCUT2D eigenvalue weighted by molar-refractivity contribution is -0.178. The quantitative estimate of drug-likeness (QED) is 0.207. The molecule has 9 nitrogen and oxygen atoms in total. The Kier molecular flexibility index (Phi) is 8.93. The largest absolute Gasteiger partial charge is 0.466 e. The third-order valence-electron chi connectivity index (χ3n) is 9.42. The van der Waals surface area contributed by atoms with Gasteiger partial charge in [-0.25, -0.2) is 4.79 Å². The van der Waals surface area contributed by atoms with Crippen molar-refractivity contribution in [2.24, 2.45) is 0 Å². The molecule has 42 heavy (non-hydrogen) atoms. The highest BCUT2D eigenvalue weighted by atomic mass is 16.7. The van der Waals surface area contributed by atoms with E-state index in [1.807, 2.05) is 13.0 Å². The van der Waals surface area contributed by atoms with Crippen molar-refractivity contribution in [1.29, 1.82) is 0 Å². The summed E-state index contributed by atoms with van der Waals surface area (Å²) in [6, 6.07) is 4.10. The van der Waals surface area contributed by atoms with E-state index < -0.39 is 35.7 Å². The first kappa shape index (κ1) is 30.8. The maximum absolute atomic E-state index is 14.0. The summed E-state index contributed by atoms with van der Waals surface area (Å²) in [4.78, 5) is 29.3. The lowest BCUT2D eigenvalue weighted by Crippen LogP contribution is -2.49. The fraction of sp³-hybridized carbons (Fsp3) is 0.697. The van der Waals surface area contributed by atoms with Crippen LogP contribution in [0.5, 0.6) is 11.5 Å². The Hall–Kier alpha value is -2.62. The number of hydrogen-bond acceptors (Lipinski definition) is 9. The molecule has 1 unspecified atom stereocenters. The Morgan fingerprint density at radius 2 is 1.86 bits per heavy atom. The third-order valence-corrected chi connectivity index (χ3v) is 9.42. The molecule has 1 spiro atoms. The highest BCUT2D eigenvalue weighted by Crippen LogP contribution is 2.55. The van der Waals surface area contributed by atoms with Gasteiger partial charge in [0.1, 0.15) is 6.10 Å². The number of nitrogens with zero attached hydrogens (tertiary/aromatic N) is 1. The molecular formula is C33H47NO8. The number of aliphatic hydroxyl groups is 2. The molecule has 0 bridgehead atoms. The van der Waals surface area contributed by atoms with Gasteiger partial charge in [0.05, 0.1) is 24.2 Å². The minimum Gasteiger partial charge on any atom is -0.466 e. The summed E-state index contributed by atoms with van der Waals surface area (Å²) in [5, 5.41) is 22.0. The van der Waals surface area contributed by atoms with Crippen molar-refractivity contribution in [2.75, 3.05) is 26.5 Å². The highest BCUT2D eigenvalue weighted by Gasteiger charge is 2.57. The minimum absolute atomic E-state index is 0.0213. The van der Waals surface area contributed by atoms with Crippen molar-refractivity contribution in [3.05, 3.63) is 34.9 Å². The highest BCUT2D eigenvalue weighted by molar-refractivity contribution is 5.86. The molecule has 4 atom stereocenters. The Labute approximate surface area is 249 Å². The summed E-state index contributed by atoms with van der Waals surface area (Å²) in [6.45, 7) is 9.70. The maximum atomic E-state index is 14.0. The van der Waals surface area contributed by atoms with Crippen molar-refractivity contribution in [2.45, 2.75) is 121 Å². The molecule has 0 radical (unpaired) electrons. The summed E-state index contributed by atoms with van der Waals surface area (Å²) in [7, 11) is 0. The van der Waals surface area contributed by atoms with Crippen LogP contribution in [0.1, 0.15) is 103 Å². The van der Waals surface area contributed by atoms with E-state index in [-0.39, 0.29) is 31.3 Å². The molecule has 0 amide bonds. The van der Waals surface area contributed by atoms with Crippen molar-refractivity contribution in [3.63, 3.8) is 0 Å². The number of fused-ring (bicyclic) bond motifs is 3. The first-order valence-electron chi connectivity index (χ1n) is 15.6. The smallest absolute Gasteiger partial charge is 0.339 e. The van der Waals surface area contributed by atoms with Crippen molar-refractivity contribution in [1.82, 2.24) is 4.90 Å². The Morgan fingerprint density at radius 1 is 1.10 bits per heavy atom. The Bertz CT molecular complexity index is 1210. The monoisotopic (exact) mass is 585 g/mol. The van der Waals surface area contributed by atoms with E-state index in [2.05, 4.69) is 24.0 Å². The lowest BCUT2D eigenvalue weighted by atomic mass is 9.77. The number of carbonyl (C=O) groups is 2. The molecule has 2 N–H and O–H groups in total. The molecule has 232 valence electrons. The number of rotatable bonds is 12. The van der Waals surface area contributed by atoms with E-state index >= 15 is 0 Å². The van der Waals surface area contributed by atoms with Gasteiger partial charge in [0.25, 0.3) is 0 Å². The predicted molar refractivity (Wildman–Crippen MR) is 156 cm³/mol. The van der Waals surface area contributed by atoms with E-state index in [4.69, 9.17) is 18.9 Å². The first-order valence-corrected chi connectivity index (χ1v) is 15.6. The van der Waals surface area contributed by atoms with Crippen molar-refractivity contribution in [3.8, 4) is 11.5 Å². The number of unbranched alkanes of at least 4 members (excludes halogenated alkanes) is 2. The normalized spacial score (nSPS) is 26.0. The Balaban J connectivity index is 1.42. The zero-order valence-corrected chi connectivity index (χ0v) is 25.6. The van der Waals surface area contributed by atoms with Crippen LogP contribution < -0.4 is 9.47 Å². The molecule has 5 rings (SSSR count). The van der Waals surface area contributed by atoms with Crippen molar-refractivity contribution >= 4 is 11.9 Å². The second kappa shape index (κ2) is 12.2. The van der Waals surface area contributed by atoms with E-state index in [9.17, 15) is 19.8 Å². The third kappa shape index (κ3) is 6.19. The van der Waals surface area contributed by atoms with Gasteiger partial charge in [-0.2, -0.15) is 0 Å². The van der Waals surface area contributed by atoms with Crippen LogP contribution in [0.15, 0.2) is 23.8 Å². The van der Waals surface area contributed by atoms with Crippen LogP contribution in [-0.2, 0) is 25.5 Å². The lowest BCUT2D eigenvalue weighted by Gasteiger charge is -2.40. The SMILES string of the molecule is CCCCCOC(=O)C[C@](O)(CCCC(C)(C)O)C(=O)OC1C(C)=C[C@@]23CCCN2CCc2cc4c(cc2[C@H]13)OCO4. The molecule has 0 saturated carbocycles. The van der Waals surface area contributed by atoms with Gasteiger partial charge in [0.2, 0.25) is 6.79 Å². The van der Waals surface area contributed by atoms with Gasteiger partial charge in [-0.15, -0.1) is 0 Å². The fourth-order valence-electron chi connectivity index (χ4n) is 7.33. The molecule has 0 aromatic heterocycles. The standard InChI is InChI=1S/C33H47NO8/c1-5-6-7-16-39-27(35)20-33(38,13-8-11-31(3,4)37)30(36)42-29-22(2)19-32-12-9-14-34(32)15-10-23-17-25-26(41-21-40-25)18-24(23)28(29)32/h17-19,28-29,37-38H,5-16,20-21H2,1-4H3/t28-,29?,32-,33-/m1/s1. The number of hydrogen-bond donors (Lipinski definition) is 2. The predicted octanol–water partition coefficient (Wildman–Crippen LogP) is 4.56. The van der Waals surface area contributed by atoms with Gasteiger partial charge < -0.3 is 29.2 Å². The molecule has 1 aliphatic carbocycles. The van der Waals surface area contributed by atoms with Gasteiger partial charge in [0.15, 0.2) is 17.1 Å². The second-order valence-corrected chi connectivity index (χ2v) is 13.2. The molecule has 1 aromatic carbocycles. The van der Waals surface area contributed by atoms with E-state index in [0.717, 1.165) is 74.1 Å². The number of benzene rings is 1. The van der Waals surface area contributed by atoms with Gasteiger partial charge >= 0.3 is 11.9 Å². The van der Waals surface area contributed by atoms with Gasteiger partial charge in [-0.05, 0) is 101 Å². The first-order chi connectivity index (χ1) is 20.0. The number of esters is 2. The van der Waals surface area contributed by atoms with Crippen LogP contribution in [0, 0.1) is 0 Å². The summed E-state index contributed by atoms with van der Waals surface area (Å²) in [6.07, 6.45) is 7.32. The summed E-state index contributed by atoms with van der Waals surface area (Å²) in [5.41, 5.74) is -0.169. The topological polar surface area (TPSA) is 115 Å². The molecule has 4 aliphatic rings. The summed E-state index contributed by atoms with van der Waals surface area (Å²) >= 11 is 0. The summed E-state index contributed by atoms with van der Waals surface area (Å²) in [5.74, 6) is -0.204. The molecule has 9 heteroatoms. The van der Waals surface area contributed by atoms with Crippen LogP contribution >= 0.6 is 0 Å². The van der Waals surface area contributed by atoms with Crippen molar-refractivity contribution < 1.29 is 38.7 Å². The number of ether oxygens (including phenoxy) is 4. The average Bonchev–Trinajstić information content (AvgIpc) is 3.59.